The van der Waals surface area contributed by atoms with Gasteiger partial charge in [-0.2, -0.15) is 5.10 Å². The van der Waals surface area contributed by atoms with Gasteiger partial charge in [0.25, 0.3) is 0 Å². The third kappa shape index (κ3) is 4.68. The Kier molecular flexibility index (Phi) is 6.05. The fourth-order valence-electron chi connectivity index (χ4n) is 9.04. The maximum Gasteiger partial charge on any atom is 0.233 e. The van der Waals surface area contributed by atoms with Crippen LogP contribution in [0.1, 0.15) is 87.9 Å². The molecule has 2 aromatic carbocycles. The molecule has 1 aromatic heterocycles. The van der Waals surface area contributed by atoms with Crippen molar-refractivity contribution < 1.29 is 17.6 Å². The zero-order chi connectivity index (χ0) is 30.5. The molecule has 7 saturated carbocycles. The molecule has 0 unspecified atom stereocenters. The highest BCUT2D eigenvalue weighted by molar-refractivity contribution is 7.92. The number of hydrogen-bond acceptors (Lipinski definition) is 4. The third-order valence-corrected chi connectivity index (χ3v) is 12.3. The van der Waals surface area contributed by atoms with Gasteiger partial charge in [-0.25, -0.2) is 12.8 Å². The van der Waals surface area contributed by atoms with E-state index >= 15 is 0 Å². The van der Waals surface area contributed by atoms with Crippen molar-refractivity contribution in [2.24, 2.45) is 17.9 Å². The Morgan fingerprint density at radius 2 is 1.64 bits per heavy atom. The lowest BCUT2D eigenvalue weighted by atomic mass is 9.41. The molecule has 232 valence electrons. The Morgan fingerprint density at radius 1 is 0.977 bits per heavy atom. The van der Waals surface area contributed by atoms with Gasteiger partial charge in [-0.15, -0.1) is 0 Å². The van der Waals surface area contributed by atoms with E-state index < -0.39 is 21.1 Å². The van der Waals surface area contributed by atoms with Crippen LogP contribution < -0.4 is 9.62 Å². The summed E-state index contributed by atoms with van der Waals surface area (Å²) in [6, 6.07) is 17.7. The standard InChI is InChI=1S/C35H41FN4O3S/c1-39-30(19-29(37-39)25-6-7-25)33-15-12-32(13-16-33,14-17-33)23-40(31(41)34-20-35(36,21-34)22-34)28-5-3-4-26(18-28)24-8-10-27(11-9-24)38-44(2,42)43/h3-5,8-11,18-19,25,38H,6-7,12-17,20-23H2,1-2H3. The zero-order valence-corrected chi connectivity index (χ0v) is 26.4. The fourth-order valence-corrected chi connectivity index (χ4v) is 9.60. The average Bonchev–Trinajstić information content (AvgIpc) is 3.75. The van der Waals surface area contributed by atoms with Crippen molar-refractivity contribution in [3.05, 3.63) is 66.0 Å². The van der Waals surface area contributed by atoms with Crippen LogP contribution in [0.3, 0.4) is 0 Å². The van der Waals surface area contributed by atoms with Crippen LogP contribution in [0.4, 0.5) is 15.8 Å². The second-order valence-electron chi connectivity index (χ2n) is 15.0. The van der Waals surface area contributed by atoms with E-state index in [1.54, 1.807) is 12.1 Å². The van der Waals surface area contributed by atoms with Gasteiger partial charge in [-0.05, 0) is 118 Å². The van der Waals surface area contributed by atoms with Crippen molar-refractivity contribution in [1.29, 1.82) is 0 Å². The number of halogens is 1. The van der Waals surface area contributed by atoms with Crippen LogP contribution >= 0.6 is 0 Å². The number of nitrogens with one attached hydrogen (secondary N) is 1. The molecule has 1 N–H and O–H groups in total. The summed E-state index contributed by atoms with van der Waals surface area (Å²) in [6.07, 6.45) is 11.3. The normalized spacial score (nSPS) is 32.1. The molecule has 10 rings (SSSR count). The van der Waals surface area contributed by atoms with Gasteiger partial charge in [0.2, 0.25) is 15.9 Å². The molecule has 0 atom stereocenters. The Labute approximate surface area is 259 Å². The van der Waals surface area contributed by atoms with Crippen LogP contribution in [0.5, 0.6) is 0 Å². The number of aryl methyl sites for hydroxylation is 1. The van der Waals surface area contributed by atoms with Crippen molar-refractivity contribution in [2.75, 3.05) is 22.4 Å². The van der Waals surface area contributed by atoms with Gasteiger partial charge in [0.05, 0.1) is 17.4 Å². The lowest BCUT2D eigenvalue weighted by Crippen LogP contribution is -2.71. The molecule has 9 heteroatoms. The highest BCUT2D eigenvalue weighted by Gasteiger charge is 2.73. The number of anilines is 2. The smallest absolute Gasteiger partial charge is 0.233 e. The van der Waals surface area contributed by atoms with Crippen molar-refractivity contribution >= 4 is 27.3 Å². The number of aromatic nitrogens is 2. The lowest BCUT2D eigenvalue weighted by Gasteiger charge is -2.65. The molecule has 7 aliphatic rings. The molecule has 3 aromatic rings. The van der Waals surface area contributed by atoms with E-state index in [2.05, 4.69) is 28.6 Å². The van der Waals surface area contributed by atoms with E-state index in [1.165, 1.54) is 24.2 Å². The molecule has 0 aliphatic heterocycles. The number of hydrogen-bond donors (Lipinski definition) is 1. The van der Waals surface area contributed by atoms with Crippen molar-refractivity contribution in [2.45, 2.75) is 87.6 Å². The molecule has 4 bridgehead atoms. The minimum atomic E-state index is -3.36. The highest BCUT2D eigenvalue weighted by atomic mass is 32.2. The van der Waals surface area contributed by atoms with Crippen LogP contribution in [-0.4, -0.2) is 42.6 Å². The number of fused-ring (bicyclic) bond motifs is 3. The predicted octanol–water partition coefficient (Wildman–Crippen LogP) is 6.85. The van der Waals surface area contributed by atoms with Crippen molar-refractivity contribution in [1.82, 2.24) is 9.78 Å². The first-order valence-electron chi connectivity index (χ1n) is 16.1. The molecular formula is C35H41FN4O3S. The van der Waals surface area contributed by atoms with Crippen LogP contribution in [0.2, 0.25) is 0 Å². The number of rotatable bonds is 9. The van der Waals surface area contributed by atoms with Crippen LogP contribution in [0, 0.1) is 10.8 Å². The SMILES string of the molecule is Cn1nc(C2CC2)cc1C12CCC(CN(C(=O)C34CC(F)(C3)C4)c3cccc(-c4ccc(NS(C)(=O)=O)cc4)c3)(CC1)CC2. The largest absolute Gasteiger partial charge is 0.311 e. The van der Waals surface area contributed by atoms with Crippen LogP contribution in [0.15, 0.2) is 54.6 Å². The minimum absolute atomic E-state index is 0.0568. The highest BCUT2D eigenvalue weighted by Crippen LogP contribution is 2.70. The monoisotopic (exact) mass is 616 g/mol. The minimum Gasteiger partial charge on any atom is -0.311 e. The topological polar surface area (TPSA) is 84.3 Å². The predicted molar refractivity (Wildman–Crippen MR) is 170 cm³/mol. The van der Waals surface area contributed by atoms with Gasteiger partial charge in [0.15, 0.2) is 0 Å². The van der Waals surface area contributed by atoms with E-state index in [9.17, 15) is 17.6 Å². The summed E-state index contributed by atoms with van der Waals surface area (Å²) < 4.78 is 42.6. The first-order chi connectivity index (χ1) is 20.9. The molecule has 7 fully saturated rings. The molecule has 0 saturated heterocycles. The molecule has 0 radical (unpaired) electrons. The summed E-state index contributed by atoms with van der Waals surface area (Å²) in [5.74, 6) is 0.731. The Balaban J connectivity index is 1.06. The summed E-state index contributed by atoms with van der Waals surface area (Å²) in [5, 5.41) is 4.90. The maximum absolute atomic E-state index is 14.6. The summed E-state index contributed by atoms with van der Waals surface area (Å²) in [6.45, 7) is 0.669. The molecule has 7 nitrogen and oxygen atoms in total. The first-order valence-corrected chi connectivity index (χ1v) is 18.0. The van der Waals surface area contributed by atoms with E-state index in [1.807, 2.05) is 35.2 Å². The van der Waals surface area contributed by atoms with E-state index in [4.69, 9.17) is 5.10 Å². The second-order valence-corrected chi connectivity index (χ2v) is 16.7. The van der Waals surface area contributed by atoms with E-state index in [-0.39, 0.29) is 16.7 Å². The molecule has 7 aliphatic carbocycles. The molecule has 1 heterocycles. The Bertz CT molecular complexity index is 1720. The molecular weight excluding hydrogens is 575 g/mol. The summed E-state index contributed by atoms with van der Waals surface area (Å²) in [5.41, 5.74) is 4.47. The lowest BCUT2D eigenvalue weighted by molar-refractivity contribution is -0.211. The third-order valence-electron chi connectivity index (χ3n) is 11.7. The summed E-state index contributed by atoms with van der Waals surface area (Å²) in [4.78, 5) is 16.3. The summed E-state index contributed by atoms with van der Waals surface area (Å²) in [7, 11) is -1.25. The molecule has 1 amide bonds. The van der Waals surface area contributed by atoms with Crippen LogP contribution in [0.25, 0.3) is 11.1 Å². The number of carbonyl (C=O) groups is 1. The summed E-state index contributed by atoms with van der Waals surface area (Å²) >= 11 is 0. The number of sulfonamides is 1. The number of carbonyl (C=O) groups excluding carboxylic acids is 1. The Hall–Kier alpha value is -3.20. The van der Waals surface area contributed by atoms with Gasteiger partial charge in [-0.3, -0.25) is 14.2 Å². The number of benzene rings is 2. The van der Waals surface area contributed by atoms with E-state index in [0.717, 1.165) is 61.6 Å². The quantitative estimate of drug-likeness (QED) is 0.285. The van der Waals surface area contributed by atoms with Crippen molar-refractivity contribution in [3.8, 4) is 11.1 Å². The van der Waals surface area contributed by atoms with Crippen LogP contribution in [-0.2, 0) is 27.3 Å². The maximum atomic E-state index is 14.6. The van der Waals surface area contributed by atoms with Gasteiger partial charge in [0.1, 0.15) is 5.67 Å². The second kappa shape index (κ2) is 9.41. The fraction of sp³-hybridized carbons (Fsp3) is 0.543. The van der Waals surface area contributed by atoms with Gasteiger partial charge in [0, 0.05) is 42.0 Å². The van der Waals surface area contributed by atoms with Gasteiger partial charge < -0.3 is 4.90 Å². The first kappa shape index (κ1) is 28.3. The molecule has 44 heavy (non-hydrogen) atoms. The van der Waals surface area contributed by atoms with Gasteiger partial charge in [-0.1, -0.05) is 24.3 Å². The van der Waals surface area contributed by atoms with Crippen molar-refractivity contribution in [3.63, 3.8) is 0 Å². The number of nitrogens with zero attached hydrogens (tertiary/aromatic N) is 3. The number of amides is 1. The van der Waals surface area contributed by atoms with E-state index in [0.29, 0.717) is 37.4 Å². The van der Waals surface area contributed by atoms with Gasteiger partial charge >= 0.3 is 0 Å². The number of alkyl halides is 1. The zero-order valence-electron chi connectivity index (χ0n) is 25.6. The Morgan fingerprint density at radius 3 is 2.23 bits per heavy atom. The molecule has 0 spiro atoms. The average molecular weight is 617 g/mol.